The smallest absolute Gasteiger partial charge is 0.248 e. The molecule has 0 aromatic carbocycles. The fraction of sp³-hybridized carbons (Fsp3) is 0.765. The van der Waals surface area contributed by atoms with Gasteiger partial charge in [0.25, 0.3) is 0 Å². The fourth-order valence-electron chi connectivity index (χ4n) is 3.57. The normalized spacial score (nSPS) is 21.7. The number of hydrogen-bond acceptors (Lipinski definition) is 6. The molecule has 1 aromatic rings. The van der Waals surface area contributed by atoms with E-state index in [1.165, 1.54) is 4.31 Å². The molecule has 1 aliphatic rings. The first kappa shape index (κ1) is 21.2. The zero-order valence-electron chi connectivity index (χ0n) is 15.9. The highest BCUT2D eigenvalue weighted by molar-refractivity contribution is 7.98. The molecule has 0 spiro atoms. The van der Waals surface area contributed by atoms with Crippen LogP contribution in [0, 0.1) is 25.7 Å². The quantitative estimate of drug-likeness (QED) is 0.669. The lowest BCUT2D eigenvalue weighted by Gasteiger charge is -2.37. The Hall–Kier alpha value is -1.06. The van der Waals surface area contributed by atoms with E-state index in [2.05, 4.69) is 17.4 Å². The predicted octanol–water partition coefficient (Wildman–Crippen LogP) is 2.20. The number of hydrogen-bond donors (Lipinski definition) is 1. The summed E-state index contributed by atoms with van der Waals surface area (Å²) in [5, 5.41) is 6.71. The van der Waals surface area contributed by atoms with Gasteiger partial charge >= 0.3 is 0 Å². The minimum absolute atomic E-state index is 0.0598. The summed E-state index contributed by atoms with van der Waals surface area (Å²) in [6, 6.07) is 0. The maximum absolute atomic E-state index is 13.0. The average molecular weight is 404 g/mol. The lowest BCUT2D eigenvalue weighted by molar-refractivity contribution is -0.122. The van der Waals surface area contributed by atoms with Crippen LogP contribution in [0.2, 0.25) is 0 Å². The van der Waals surface area contributed by atoms with Gasteiger partial charge < -0.3 is 9.84 Å². The van der Waals surface area contributed by atoms with Gasteiger partial charge in [-0.2, -0.15) is 16.1 Å². The van der Waals surface area contributed by atoms with Crippen LogP contribution in [0.15, 0.2) is 9.42 Å². The number of carbonyl (C=O) groups excluding carboxylic acids is 1. The van der Waals surface area contributed by atoms with Crippen molar-refractivity contribution >= 4 is 27.7 Å². The second-order valence-corrected chi connectivity index (χ2v) is 9.64. The molecule has 0 aliphatic carbocycles. The number of piperidine rings is 1. The first-order valence-electron chi connectivity index (χ1n) is 8.99. The molecule has 26 heavy (non-hydrogen) atoms. The summed E-state index contributed by atoms with van der Waals surface area (Å²) in [6.07, 6.45) is 4.01. The number of aryl methyl sites for hydroxylation is 2. The van der Waals surface area contributed by atoms with Gasteiger partial charge in [-0.25, -0.2) is 8.42 Å². The summed E-state index contributed by atoms with van der Waals surface area (Å²) in [7, 11) is -3.62. The molecule has 1 aliphatic heterocycles. The standard InChI is InChI=1S/C17H29N3O4S2/c1-5-14-11-20(26(22,23)17-12(2)19-24-13(17)3)8-6-15(14)10-16(21)18-7-9-25-4/h14-15H,5-11H2,1-4H3,(H,18,21). The van der Waals surface area contributed by atoms with Crippen LogP contribution in [0.1, 0.15) is 37.6 Å². The van der Waals surface area contributed by atoms with Crippen LogP contribution in [0.3, 0.4) is 0 Å². The van der Waals surface area contributed by atoms with Crippen molar-refractivity contribution in [3.63, 3.8) is 0 Å². The Bertz CT molecular complexity index is 698. The molecular weight excluding hydrogens is 374 g/mol. The van der Waals surface area contributed by atoms with Crippen LogP contribution < -0.4 is 5.32 Å². The molecule has 1 N–H and O–H groups in total. The maximum Gasteiger partial charge on any atom is 0.248 e. The van der Waals surface area contributed by atoms with E-state index >= 15 is 0 Å². The molecule has 0 saturated carbocycles. The molecule has 1 saturated heterocycles. The molecule has 0 radical (unpaired) electrons. The van der Waals surface area contributed by atoms with Crippen molar-refractivity contribution in [2.24, 2.45) is 11.8 Å². The summed E-state index contributed by atoms with van der Waals surface area (Å²) in [4.78, 5) is 12.3. The highest BCUT2D eigenvalue weighted by atomic mass is 32.2. The molecule has 1 aromatic heterocycles. The van der Waals surface area contributed by atoms with E-state index in [9.17, 15) is 13.2 Å². The second kappa shape index (κ2) is 9.23. The molecular formula is C17H29N3O4S2. The molecule has 7 nitrogen and oxygen atoms in total. The van der Waals surface area contributed by atoms with E-state index in [0.717, 1.165) is 12.2 Å². The summed E-state index contributed by atoms with van der Waals surface area (Å²) in [5.74, 6) is 1.67. The summed E-state index contributed by atoms with van der Waals surface area (Å²) >= 11 is 1.70. The minimum atomic E-state index is -3.62. The maximum atomic E-state index is 13.0. The Balaban J connectivity index is 2.04. The van der Waals surface area contributed by atoms with Crippen LogP contribution in [0.5, 0.6) is 0 Å². The Morgan fingerprint density at radius 2 is 2.12 bits per heavy atom. The number of thioether (sulfide) groups is 1. The van der Waals surface area contributed by atoms with Crippen LogP contribution in [-0.4, -0.2) is 55.4 Å². The lowest BCUT2D eigenvalue weighted by Crippen LogP contribution is -2.45. The van der Waals surface area contributed by atoms with Crippen molar-refractivity contribution in [2.45, 2.75) is 44.9 Å². The van der Waals surface area contributed by atoms with Crippen molar-refractivity contribution in [1.82, 2.24) is 14.8 Å². The van der Waals surface area contributed by atoms with Gasteiger partial charge in [0.2, 0.25) is 15.9 Å². The van der Waals surface area contributed by atoms with Gasteiger partial charge in [-0.15, -0.1) is 0 Å². The van der Waals surface area contributed by atoms with E-state index < -0.39 is 10.0 Å². The molecule has 2 rings (SSSR count). The van der Waals surface area contributed by atoms with Crippen molar-refractivity contribution in [3.05, 3.63) is 11.5 Å². The molecule has 9 heteroatoms. The third kappa shape index (κ3) is 4.80. The van der Waals surface area contributed by atoms with Crippen molar-refractivity contribution in [3.8, 4) is 0 Å². The minimum Gasteiger partial charge on any atom is -0.360 e. The van der Waals surface area contributed by atoms with Gasteiger partial charge in [0.05, 0.1) is 0 Å². The Labute approximate surface area is 160 Å². The van der Waals surface area contributed by atoms with Gasteiger partial charge in [0, 0.05) is 31.8 Å². The summed E-state index contributed by atoms with van der Waals surface area (Å²) in [6.45, 7) is 6.85. The topological polar surface area (TPSA) is 92.5 Å². The van der Waals surface area contributed by atoms with Crippen molar-refractivity contribution < 1.29 is 17.7 Å². The summed E-state index contributed by atoms with van der Waals surface area (Å²) < 4.78 is 32.6. The first-order chi connectivity index (χ1) is 12.3. The van der Waals surface area contributed by atoms with E-state index in [1.54, 1.807) is 25.6 Å². The molecule has 2 atom stereocenters. The van der Waals surface area contributed by atoms with Crippen LogP contribution in [0.25, 0.3) is 0 Å². The number of amides is 1. The first-order valence-corrected chi connectivity index (χ1v) is 11.8. The number of sulfonamides is 1. The number of nitrogens with zero attached hydrogens (tertiary/aromatic N) is 2. The Morgan fingerprint density at radius 1 is 1.38 bits per heavy atom. The Kier molecular flexibility index (Phi) is 7.54. The van der Waals surface area contributed by atoms with Crippen molar-refractivity contribution in [2.75, 3.05) is 31.6 Å². The number of rotatable bonds is 8. The van der Waals surface area contributed by atoms with E-state index in [-0.39, 0.29) is 22.6 Å². The zero-order chi connectivity index (χ0) is 19.3. The van der Waals surface area contributed by atoms with Gasteiger partial charge in [-0.1, -0.05) is 18.5 Å². The molecule has 148 valence electrons. The van der Waals surface area contributed by atoms with Gasteiger partial charge in [0.1, 0.15) is 10.6 Å². The van der Waals surface area contributed by atoms with Crippen molar-refractivity contribution in [1.29, 1.82) is 0 Å². The second-order valence-electron chi connectivity index (χ2n) is 6.78. The number of nitrogens with one attached hydrogen (secondary N) is 1. The third-order valence-corrected chi connectivity index (χ3v) is 7.74. The SMILES string of the molecule is CCC1CN(S(=O)(=O)c2c(C)noc2C)CCC1CC(=O)NCCSC. The monoisotopic (exact) mass is 403 g/mol. The fourth-order valence-corrected chi connectivity index (χ4v) is 5.68. The lowest BCUT2D eigenvalue weighted by atomic mass is 9.82. The Morgan fingerprint density at radius 3 is 2.69 bits per heavy atom. The van der Waals surface area contributed by atoms with E-state index in [0.29, 0.717) is 43.9 Å². The van der Waals surface area contributed by atoms with Crippen LogP contribution in [-0.2, 0) is 14.8 Å². The summed E-state index contributed by atoms with van der Waals surface area (Å²) in [5.41, 5.74) is 0.394. The van der Waals surface area contributed by atoms with Gasteiger partial charge in [-0.3, -0.25) is 4.79 Å². The molecule has 2 unspecified atom stereocenters. The molecule has 2 heterocycles. The molecule has 0 bridgehead atoms. The zero-order valence-corrected chi connectivity index (χ0v) is 17.6. The van der Waals surface area contributed by atoms with Gasteiger partial charge in [0.15, 0.2) is 5.76 Å². The predicted molar refractivity (Wildman–Crippen MR) is 103 cm³/mol. The third-order valence-electron chi connectivity index (χ3n) is 5.02. The largest absolute Gasteiger partial charge is 0.360 e. The molecule has 1 amide bonds. The van der Waals surface area contributed by atoms with Crippen LogP contribution >= 0.6 is 11.8 Å². The average Bonchev–Trinajstić information content (AvgIpc) is 2.94. The van der Waals surface area contributed by atoms with Crippen LogP contribution in [0.4, 0.5) is 0 Å². The van der Waals surface area contributed by atoms with Gasteiger partial charge in [-0.05, 0) is 38.4 Å². The number of carbonyl (C=O) groups is 1. The van der Waals surface area contributed by atoms with E-state index in [1.807, 2.05) is 6.26 Å². The van der Waals surface area contributed by atoms with E-state index in [4.69, 9.17) is 4.52 Å². The number of aromatic nitrogens is 1. The molecule has 1 fully saturated rings. The highest BCUT2D eigenvalue weighted by Crippen LogP contribution is 2.33. The highest BCUT2D eigenvalue weighted by Gasteiger charge is 2.38.